The summed E-state index contributed by atoms with van der Waals surface area (Å²) in [7, 11) is 6.16. The highest BCUT2D eigenvalue weighted by molar-refractivity contribution is 4.70. The minimum atomic E-state index is -0.539. The molecule has 0 aliphatic rings. The normalized spacial score (nSPS) is 13.7. The minimum absolute atomic E-state index is 0.125. The van der Waals surface area contributed by atoms with Gasteiger partial charge < -0.3 is 25.5 Å². The number of nitrogens with two attached hydrogens (primary N) is 1. The fourth-order valence-electron chi connectivity index (χ4n) is 3.01. The van der Waals surface area contributed by atoms with Crippen molar-refractivity contribution in [3.8, 4) is 0 Å². The number of hydrogen-bond acceptors (Lipinski definition) is 4. The smallest absolute Gasteiger partial charge is 0.101 e. The molecule has 172 valence electrons. The lowest BCUT2D eigenvalue weighted by atomic mass is 10.0. The molecule has 0 saturated carbocycles. The minimum Gasteiger partial charge on any atom is -0.395 e. The topological polar surface area (TPSA) is 86.7 Å². The van der Waals surface area contributed by atoms with Gasteiger partial charge in [0.2, 0.25) is 0 Å². The molecular formula is C23H53N2O3+. The van der Waals surface area contributed by atoms with Crippen molar-refractivity contribution in [3.63, 3.8) is 0 Å². The Labute approximate surface area is 175 Å². The van der Waals surface area contributed by atoms with Crippen LogP contribution in [0.1, 0.15) is 96.8 Å². The SMILES string of the molecule is CCCCCCCCCCCCCCC[C@@H](O)[C@@H](N)CO.C[N+](C)(C)CCO. The predicted molar refractivity (Wildman–Crippen MR) is 121 cm³/mol. The summed E-state index contributed by atoms with van der Waals surface area (Å²) >= 11 is 0. The van der Waals surface area contributed by atoms with Crippen LogP contribution >= 0.6 is 0 Å². The zero-order valence-electron chi connectivity index (χ0n) is 19.5. The standard InChI is InChI=1S/C18H39NO2.C5H14NO/c1-2-3-4-5-6-7-8-9-10-11-12-13-14-15-18(21)17(19)16-20;1-6(2,3)4-5-7/h17-18,20-21H,2-16,19H2,1H3;7H,4-5H2,1-3H3/q;+1/t17-,18+;/m0./s1. The Balaban J connectivity index is 0. The van der Waals surface area contributed by atoms with Crippen LogP contribution in [0.5, 0.6) is 0 Å². The number of hydrogen-bond donors (Lipinski definition) is 4. The molecule has 0 aliphatic heterocycles. The maximum atomic E-state index is 9.61. The first kappa shape index (κ1) is 30.0. The Morgan fingerprint density at radius 3 is 1.39 bits per heavy atom. The highest BCUT2D eigenvalue weighted by atomic mass is 16.3. The third kappa shape index (κ3) is 25.8. The fraction of sp³-hybridized carbons (Fsp3) is 1.00. The Hall–Kier alpha value is -0.200. The highest BCUT2D eigenvalue weighted by Gasteiger charge is 2.12. The van der Waals surface area contributed by atoms with E-state index in [-0.39, 0.29) is 13.2 Å². The molecule has 0 aromatic carbocycles. The summed E-state index contributed by atoms with van der Waals surface area (Å²) in [6.07, 6.45) is 17.5. The Kier molecular flexibility index (Phi) is 23.0. The Bertz CT molecular complexity index is 296. The maximum absolute atomic E-state index is 9.61. The average molecular weight is 406 g/mol. The quantitative estimate of drug-likeness (QED) is 0.206. The summed E-state index contributed by atoms with van der Waals surface area (Å²) < 4.78 is 0.844. The molecule has 0 fully saturated rings. The monoisotopic (exact) mass is 405 g/mol. The van der Waals surface area contributed by atoms with Crippen LogP contribution in [0.2, 0.25) is 0 Å². The molecule has 0 rings (SSSR count). The zero-order valence-corrected chi connectivity index (χ0v) is 19.5. The van der Waals surface area contributed by atoms with E-state index in [0.29, 0.717) is 0 Å². The van der Waals surface area contributed by atoms with Gasteiger partial charge in [0.15, 0.2) is 0 Å². The molecule has 0 radical (unpaired) electrons. The molecule has 0 heterocycles. The van der Waals surface area contributed by atoms with Crippen molar-refractivity contribution in [1.29, 1.82) is 0 Å². The van der Waals surface area contributed by atoms with E-state index in [1.165, 1.54) is 77.0 Å². The van der Waals surface area contributed by atoms with Crippen molar-refractivity contribution in [2.45, 2.75) is 109 Å². The van der Waals surface area contributed by atoms with Gasteiger partial charge in [0.25, 0.3) is 0 Å². The lowest BCUT2D eigenvalue weighted by Crippen LogP contribution is -2.37. The van der Waals surface area contributed by atoms with Gasteiger partial charge in [-0.1, -0.05) is 90.4 Å². The second kappa shape index (κ2) is 21.5. The van der Waals surface area contributed by atoms with E-state index in [4.69, 9.17) is 15.9 Å². The van der Waals surface area contributed by atoms with Gasteiger partial charge in [-0.25, -0.2) is 0 Å². The molecule has 0 spiro atoms. The first-order valence-electron chi connectivity index (χ1n) is 11.7. The van der Waals surface area contributed by atoms with Crippen LogP contribution in [0.25, 0.3) is 0 Å². The second-order valence-corrected chi connectivity index (χ2v) is 9.18. The van der Waals surface area contributed by atoms with E-state index in [9.17, 15) is 5.11 Å². The molecule has 5 N–H and O–H groups in total. The van der Waals surface area contributed by atoms with Gasteiger partial charge in [-0.05, 0) is 6.42 Å². The van der Waals surface area contributed by atoms with Gasteiger partial charge in [-0.2, -0.15) is 0 Å². The summed E-state index contributed by atoms with van der Waals surface area (Å²) in [6, 6.07) is -0.470. The number of unbranched alkanes of at least 4 members (excludes halogenated alkanes) is 12. The van der Waals surface area contributed by atoms with Crippen molar-refractivity contribution in [1.82, 2.24) is 0 Å². The highest BCUT2D eigenvalue weighted by Crippen LogP contribution is 2.13. The van der Waals surface area contributed by atoms with Crippen LogP contribution in [0.15, 0.2) is 0 Å². The molecule has 0 amide bonds. The van der Waals surface area contributed by atoms with Crippen molar-refractivity contribution in [2.75, 3.05) is 40.9 Å². The third-order valence-corrected chi connectivity index (χ3v) is 5.08. The van der Waals surface area contributed by atoms with Crippen molar-refractivity contribution < 1.29 is 19.8 Å². The van der Waals surface area contributed by atoms with E-state index in [1.54, 1.807) is 0 Å². The fourth-order valence-corrected chi connectivity index (χ4v) is 3.01. The van der Waals surface area contributed by atoms with Crippen molar-refractivity contribution in [3.05, 3.63) is 0 Å². The molecule has 0 aromatic rings. The van der Waals surface area contributed by atoms with Crippen molar-refractivity contribution >= 4 is 0 Å². The van der Waals surface area contributed by atoms with Gasteiger partial charge in [-0.15, -0.1) is 0 Å². The second-order valence-electron chi connectivity index (χ2n) is 9.18. The summed E-state index contributed by atoms with van der Waals surface area (Å²) in [5, 5.41) is 26.8. The van der Waals surface area contributed by atoms with E-state index < -0.39 is 12.1 Å². The number of aliphatic hydroxyl groups is 3. The van der Waals surface area contributed by atoms with E-state index in [2.05, 4.69) is 28.1 Å². The Morgan fingerprint density at radius 2 is 1.11 bits per heavy atom. The van der Waals surface area contributed by atoms with E-state index in [0.717, 1.165) is 23.9 Å². The van der Waals surface area contributed by atoms with Gasteiger partial charge >= 0.3 is 0 Å². The molecule has 0 aromatic heterocycles. The largest absolute Gasteiger partial charge is 0.395 e. The van der Waals surface area contributed by atoms with E-state index >= 15 is 0 Å². The Morgan fingerprint density at radius 1 is 0.714 bits per heavy atom. The molecule has 0 bridgehead atoms. The van der Waals surface area contributed by atoms with Crippen LogP contribution in [0.3, 0.4) is 0 Å². The first-order valence-corrected chi connectivity index (χ1v) is 11.7. The number of quaternary nitrogens is 1. The molecule has 0 saturated heterocycles. The maximum Gasteiger partial charge on any atom is 0.101 e. The lowest BCUT2D eigenvalue weighted by Gasteiger charge is -2.21. The summed E-state index contributed by atoms with van der Waals surface area (Å²) in [5.74, 6) is 0. The zero-order chi connectivity index (χ0) is 21.7. The van der Waals surface area contributed by atoms with E-state index in [1.807, 2.05) is 0 Å². The van der Waals surface area contributed by atoms with Crippen LogP contribution in [-0.2, 0) is 0 Å². The van der Waals surface area contributed by atoms with Crippen LogP contribution in [0, 0.1) is 0 Å². The van der Waals surface area contributed by atoms with Gasteiger partial charge in [0.1, 0.15) is 6.54 Å². The molecular weight excluding hydrogens is 352 g/mol. The summed E-state index contributed by atoms with van der Waals surface area (Å²) in [4.78, 5) is 0. The number of nitrogens with zero attached hydrogens (tertiary/aromatic N) is 1. The van der Waals surface area contributed by atoms with Gasteiger partial charge in [0.05, 0.1) is 46.5 Å². The van der Waals surface area contributed by atoms with Gasteiger partial charge in [0, 0.05) is 0 Å². The van der Waals surface area contributed by atoms with Crippen LogP contribution < -0.4 is 5.73 Å². The number of aliphatic hydroxyl groups excluding tert-OH is 3. The summed E-state index contributed by atoms with van der Waals surface area (Å²) in [5.41, 5.74) is 5.56. The lowest BCUT2D eigenvalue weighted by molar-refractivity contribution is -0.870. The van der Waals surface area contributed by atoms with Gasteiger partial charge in [-0.3, -0.25) is 0 Å². The third-order valence-electron chi connectivity index (χ3n) is 5.08. The van der Waals surface area contributed by atoms with Crippen molar-refractivity contribution in [2.24, 2.45) is 5.73 Å². The molecule has 5 nitrogen and oxygen atoms in total. The molecule has 2 atom stereocenters. The number of rotatable bonds is 18. The molecule has 5 heteroatoms. The number of likely N-dealkylation sites (N-methyl/N-ethyl adjacent to an activating group) is 1. The van der Waals surface area contributed by atoms with Crippen LogP contribution in [-0.4, -0.2) is 72.8 Å². The predicted octanol–water partition coefficient (Wildman–Crippen LogP) is 3.83. The molecule has 28 heavy (non-hydrogen) atoms. The summed E-state index contributed by atoms with van der Waals surface area (Å²) in [6.45, 7) is 3.25. The van der Waals surface area contributed by atoms with Crippen LogP contribution in [0.4, 0.5) is 0 Å². The first-order chi connectivity index (χ1) is 13.3. The molecule has 0 aliphatic carbocycles. The average Bonchev–Trinajstić information content (AvgIpc) is 2.64. The molecule has 0 unspecified atom stereocenters.